The van der Waals surface area contributed by atoms with Crippen LogP contribution in [-0.4, -0.2) is 19.2 Å². The number of anilines is 2. The number of fused-ring (bicyclic) bond motifs is 1. The molecule has 0 fully saturated rings. The molecule has 3 aromatic rings. The number of hydrogen-bond acceptors (Lipinski definition) is 5. The van der Waals surface area contributed by atoms with Gasteiger partial charge < -0.3 is 14.8 Å². The number of nitriles is 1. The third-order valence-electron chi connectivity index (χ3n) is 4.34. The second-order valence-electron chi connectivity index (χ2n) is 6.28. The third-order valence-corrected chi connectivity index (χ3v) is 4.34. The number of benzene rings is 2. The summed E-state index contributed by atoms with van der Waals surface area (Å²) in [5.41, 5.74) is 4.08. The molecule has 5 heteroatoms. The van der Waals surface area contributed by atoms with E-state index in [4.69, 9.17) is 9.47 Å². The first-order chi connectivity index (χ1) is 12.6. The smallest absolute Gasteiger partial charge is 0.162 e. The molecule has 0 bridgehead atoms. The van der Waals surface area contributed by atoms with Gasteiger partial charge in [0.15, 0.2) is 11.5 Å². The monoisotopic (exact) mass is 347 g/mol. The average Bonchev–Trinajstić information content (AvgIpc) is 2.67. The van der Waals surface area contributed by atoms with Gasteiger partial charge in [-0.25, -0.2) is 0 Å². The molecule has 0 aliphatic carbocycles. The van der Waals surface area contributed by atoms with Crippen LogP contribution >= 0.6 is 0 Å². The zero-order valence-electron chi connectivity index (χ0n) is 15.3. The van der Waals surface area contributed by atoms with E-state index in [0.29, 0.717) is 28.7 Å². The van der Waals surface area contributed by atoms with E-state index >= 15 is 0 Å². The normalized spacial score (nSPS) is 10.6. The average molecular weight is 347 g/mol. The fourth-order valence-corrected chi connectivity index (χ4v) is 2.83. The number of ether oxygens (including phenoxy) is 2. The van der Waals surface area contributed by atoms with Crippen LogP contribution in [0.4, 0.5) is 11.4 Å². The second kappa shape index (κ2) is 7.32. The maximum absolute atomic E-state index is 9.51. The van der Waals surface area contributed by atoms with Crippen molar-refractivity contribution < 1.29 is 9.47 Å². The van der Waals surface area contributed by atoms with E-state index in [1.807, 2.05) is 24.3 Å². The lowest BCUT2D eigenvalue weighted by atomic mass is 10.0. The molecular weight excluding hydrogens is 326 g/mol. The lowest BCUT2D eigenvalue weighted by molar-refractivity contribution is 0.356. The summed E-state index contributed by atoms with van der Waals surface area (Å²) in [5, 5.41) is 13.7. The van der Waals surface area contributed by atoms with Gasteiger partial charge in [-0.3, -0.25) is 4.98 Å². The van der Waals surface area contributed by atoms with Crippen LogP contribution in [0.25, 0.3) is 10.9 Å². The van der Waals surface area contributed by atoms with Crippen molar-refractivity contribution in [3.05, 3.63) is 53.7 Å². The molecule has 3 rings (SSSR count). The summed E-state index contributed by atoms with van der Waals surface area (Å²) in [5.74, 6) is 1.66. The van der Waals surface area contributed by atoms with Gasteiger partial charge in [0.05, 0.1) is 31.0 Å². The Balaban J connectivity index is 2.12. The van der Waals surface area contributed by atoms with Gasteiger partial charge in [0.1, 0.15) is 6.07 Å². The highest BCUT2D eigenvalue weighted by Gasteiger charge is 2.14. The Morgan fingerprint density at radius 3 is 2.27 bits per heavy atom. The van der Waals surface area contributed by atoms with Gasteiger partial charge in [0.25, 0.3) is 0 Å². The van der Waals surface area contributed by atoms with E-state index in [9.17, 15) is 5.26 Å². The van der Waals surface area contributed by atoms with Gasteiger partial charge >= 0.3 is 0 Å². The largest absolute Gasteiger partial charge is 0.493 e. The predicted octanol–water partition coefficient (Wildman–Crippen LogP) is 4.99. The van der Waals surface area contributed by atoms with Gasteiger partial charge in [0.2, 0.25) is 0 Å². The molecule has 0 saturated heterocycles. The second-order valence-corrected chi connectivity index (χ2v) is 6.28. The number of hydrogen-bond donors (Lipinski definition) is 1. The first-order valence-corrected chi connectivity index (χ1v) is 8.39. The fraction of sp³-hybridized carbons (Fsp3) is 0.238. The van der Waals surface area contributed by atoms with Crippen molar-refractivity contribution in [2.24, 2.45) is 0 Å². The van der Waals surface area contributed by atoms with Crippen molar-refractivity contribution >= 4 is 22.3 Å². The number of nitrogens with one attached hydrogen (secondary N) is 1. The van der Waals surface area contributed by atoms with Gasteiger partial charge in [0, 0.05) is 23.3 Å². The zero-order valence-corrected chi connectivity index (χ0v) is 15.3. The summed E-state index contributed by atoms with van der Waals surface area (Å²) in [6, 6.07) is 14.1. The molecule has 1 N–H and O–H groups in total. The lowest BCUT2D eigenvalue weighted by Gasteiger charge is -2.15. The highest BCUT2D eigenvalue weighted by atomic mass is 16.5. The molecule has 0 aliphatic heterocycles. The maximum Gasteiger partial charge on any atom is 0.162 e. The van der Waals surface area contributed by atoms with Crippen molar-refractivity contribution in [3.8, 4) is 17.6 Å². The Kier molecular flexibility index (Phi) is 4.94. The lowest BCUT2D eigenvalue weighted by Crippen LogP contribution is -1.99. The van der Waals surface area contributed by atoms with Gasteiger partial charge in [-0.15, -0.1) is 0 Å². The van der Waals surface area contributed by atoms with Crippen LogP contribution in [0.2, 0.25) is 0 Å². The Hall–Kier alpha value is -3.26. The zero-order chi connectivity index (χ0) is 18.7. The first kappa shape index (κ1) is 17.6. The van der Waals surface area contributed by atoms with E-state index in [2.05, 4.69) is 42.4 Å². The summed E-state index contributed by atoms with van der Waals surface area (Å²) in [6.07, 6.45) is 1.57. The SMILES string of the molecule is COc1cc2ncc(C#N)c(Nc3ccc(C(C)C)cc3)c2cc1OC. The summed E-state index contributed by atoms with van der Waals surface area (Å²) in [7, 11) is 3.17. The number of pyridine rings is 1. The van der Waals surface area contributed by atoms with Crippen molar-refractivity contribution in [1.82, 2.24) is 4.98 Å². The highest BCUT2D eigenvalue weighted by Crippen LogP contribution is 2.37. The van der Waals surface area contributed by atoms with Gasteiger partial charge in [-0.1, -0.05) is 26.0 Å². The molecule has 2 aromatic carbocycles. The molecule has 0 amide bonds. The van der Waals surface area contributed by atoms with Crippen LogP contribution in [0.15, 0.2) is 42.6 Å². The highest BCUT2D eigenvalue weighted by molar-refractivity contribution is 5.97. The molecule has 0 aliphatic rings. The molecule has 1 heterocycles. The van der Waals surface area contributed by atoms with Gasteiger partial charge in [-0.05, 0) is 29.7 Å². The Morgan fingerprint density at radius 1 is 1.04 bits per heavy atom. The quantitative estimate of drug-likeness (QED) is 0.704. The van der Waals surface area contributed by atoms with Crippen molar-refractivity contribution in [2.75, 3.05) is 19.5 Å². The molecule has 0 spiro atoms. The Bertz CT molecular complexity index is 973. The predicted molar refractivity (Wildman–Crippen MR) is 103 cm³/mol. The molecule has 0 unspecified atom stereocenters. The van der Waals surface area contributed by atoms with Gasteiger partial charge in [-0.2, -0.15) is 5.26 Å². The maximum atomic E-state index is 9.51. The molecule has 0 radical (unpaired) electrons. The topological polar surface area (TPSA) is 67.2 Å². The number of rotatable bonds is 5. The molecule has 26 heavy (non-hydrogen) atoms. The van der Waals surface area contributed by atoms with E-state index in [1.165, 1.54) is 5.56 Å². The molecule has 5 nitrogen and oxygen atoms in total. The molecule has 132 valence electrons. The minimum atomic E-state index is 0.470. The molecular formula is C21H21N3O2. The fourth-order valence-electron chi connectivity index (χ4n) is 2.83. The number of methoxy groups -OCH3 is 2. The van der Waals surface area contributed by atoms with Crippen LogP contribution in [-0.2, 0) is 0 Å². The van der Waals surface area contributed by atoms with Crippen LogP contribution in [0.5, 0.6) is 11.5 Å². The van der Waals surface area contributed by atoms with Crippen LogP contribution in [0, 0.1) is 11.3 Å². The van der Waals surface area contributed by atoms with Crippen LogP contribution in [0.1, 0.15) is 30.9 Å². The first-order valence-electron chi connectivity index (χ1n) is 8.39. The van der Waals surface area contributed by atoms with E-state index in [-0.39, 0.29) is 0 Å². The van der Waals surface area contributed by atoms with Crippen molar-refractivity contribution in [1.29, 1.82) is 5.26 Å². The van der Waals surface area contributed by atoms with Crippen LogP contribution < -0.4 is 14.8 Å². The van der Waals surface area contributed by atoms with E-state index in [1.54, 1.807) is 20.4 Å². The number of aromatic nitrogens is 1. The standard InChI is InChI=1S/C21H21N3O2/c1-13(2)14-5-7-16(8-6-14)24-21-15(11-22)12-23-18-10-20(26-4)19(25-3)9-17(18)21/h5-10,12-13H,1-4H3,(H,23,24). The van der Waals surface area contributed by atoms with E-state index in [0.717, 1.165) is 16.6 Å². The Labute approximate surface area is 153 Å². The molecule has 1 aromatic heterocycles. The van der Waals surface area contributed by atoms with E-state index < -0.39 is 0 Å². The number of nitrogens with zero attached hydrogens (tertiary/aromatic N) is 2. The summed E-state index contributed by atoms with van der Waals surface area (Å²) in [4.78, 5) is 4.38. The van der Waals surface area contributed by atoms with Crippen molar-refractivity contribution in [2.45, 2.75) is 19.8 Å². The summed E-state index contributed by atoms with van der Waals surface area (Å²) in [6.45, 7) is 4.32. The minimum absolute atomic E-state index is 0.470. The minimum Gasteiger partial charge on any atom is -0.493 e. The van der Waals surface area contributed by atoms with Crippen LogP contribution in [0.3, 0.4) is 0 Å². The summed E-state index contributed by atoms with van der Waals surface area (Å²) < 4.78 is 10.7. The van der Waals surface area contributed by atoms with Crippen molar-refractivity contribution in [3.63, 3.8) is 0 Å². The third kappa shape index (κ3) is 3.27. The summed E-state index contributed by atoms with van der Waals surface area (Å²) >= 11 is 0. The Morgan fingerprint density at radius 2 is 1.69 bits per heavy atom. The molecule has 0 saturated carbocycles. The molecule has 0 atom stereocenters.